The molecule has 0 fully saturated rings. The Balaban J connectivity index is 1.94. The first-order valence-corrected chi connectivity index (χ1v) is 6.80. The number of carbonyl (C=O) groups excluding carboxylic acids is 1. The molecule has 0 aliphatic heterocycles. The maximum atomic E-state index is 12.3. The Bertz CT molecular complexity index is 766. The lowest BCUT2D eigenvalue weighted by atomic mass is 10.1. The highest BCUT2D eigenvalue weighted by Crippen LogP contribution is 2.17. The summed E-state index contributed by atoms with van der Waals surface area (Å²) in [6.45, 7) is 0. The Labute approximate surface area is 124 Å². The molecule has 0 saturated heterocycles. The van der Waals surface area contributed by atoms with Crippen LogP contribution in [0.15, 0.2) is 59.3 Å². The number of rotatable bonds is 2. The van der Waals surface area contributed by atoms with Crippen LogP contribution >= 0.6 is 15.9 Å². The zero-order valence-electron chi connectivity index (χ0n) is 10.4. The van der Waals surface area contributed by atoms with Gasteiger partial charge in [0.05, 0.1) is 11.1 Å². The van der Waals surface area contributed by atoms with Crippen LogP contribution in [-0.4, -0.2) is 15.9 Å². The highest BCUT2D eigenvalue weighted by molar-refractivity contribution is 9.10. The lowest BCUT2D eigenvalue weighted by Crippen LogP contribution is -2.13. The summed E-state index contributed by atoms with van der Waals surface area (Å²) in [4.78, 5) is 20.7. The molecular formula is C15H10BrN3O. The first-order chi connectivity index (χ1) is 9.74. The van der Waals surface area contributed by atoms with Gasteiger partial charge in [0.1, 0.15) is 5.82 Å². The van der Waals surface area contributed by atoms with E-state index in [4.69, 9.17) is 0 Å². The maximum Gasteiger partial charge on any atom is 0.259 e. The van der Waals surface area contributed by atoms with Gasteiger partial charge in [0.15, 0.2) is 0 Å². The van der Waals surface area contributed by atoms with Crippen molar-refractivity contribution < 1.29 is 4.79 Å². The van der Waals surface area contributed by atoms with Gasteiger partial charge in [-0.2, -0.15) is 0 Å². The van der Waals surface area contributed by atoms with Crippen LogP contribution in [0.4, 0.5) is 5.82 Å². The lowest BCUT2D eigenvalue weighted by molar-refractivity contribution is 0.102. The molecule has 5 heteroatoms. The van der Waals surface area contributed by atoms with Gasteiger partial charge in [-0.05, 0) is 40.2 Å². The van der Waals surface area contributed by atoms with Gasteiger partial charge >= 0.3 is 0 Å². The Morgan fingerprint density at radius 2 is 1.90 bits per heavy atom. The van der Waals surface area contributed by atoms with E-state index in [9.17, 15) is 4.79 Å². The fraction of sp³-hybridized carbons (Fsp3) is 0. The van der Waals surface area contributed by atoms with Crippen molar-refractivity contribution in [3.05, 3.63) is 64.9 Å². The predicted molar refractivity (Wildman–Crippen MR) is 81.6 cm³/mol. The Hall–Kier alpha value is -2.27. The third kappa shape index (κ3) is 2.53. The first kappa shape index (κ1) is 12.7. The molecule has 4 nitrogen and oxygen atoms in total. The van der Waals surface area contributed by atoms with Crippen molar-refractivity contribution in [2.45, 2.75) is 0 Å². The van der Waals surface area contributed by atoms with Crippen molar-refractivity contribution in [1.82, 2.24) is 9.97 Å². The number of pyridine rings is 2. The molecule has 0 aliphatic carbocycles. The van der Waals surface area contributed by atoms with Crippen LogP contribution in [0.3, 0.4) is 0 Å². The van der Waals surface area contributed by atoms with Crippen molar-refractivity contribution in [3.63, 3.8) is 0 Å². The quantitative estimate of drug-likeness (QED) is 0.781. The minimum Gasteiger partial charge on any atom is -0.306 e. The molecule has 0 unspecified atom stereocenters. The average molecular weight is 328 g/mol. The number of nitrogens with zero attached hydrogens (tertiary/aromatic N) is 2. The summed E-state index contributed by atoms with van der Waals surface area (Å²) in [5.74, 6) is 0.287. The van der Waals surface area contributed by atoms with Gasteiger partial charge in [0.25, 0.3) is 5.91 Å². The van der Waals surface area contributed by atoms with E-state index in [-0.39, 0.29) is 5.91 Å². The second-order valence-corrected chi connectivity index (χ2v) is 5.11. The summed E-state index contributed by atoms with van der Waals surface area (Å²) in [5, 5.41) is 3.70. The Kier molecular flexibility index (Phi) is 3.43. The molecule has 2 aromatic heterocycles. The van der Waals surface area contributed by atoms with Crippen LogP contribution in [0, 0.1) is 0 Å². The summed E-state index contributed by atoms with van der Waals surface area (Å²) >= 11 is 3.30. The minimum atomic E-state index is -0.218. The number of amides is 1. The highest BCUT2D eigenvalue weighted by atomic mass is 79.9. The molecule has 3 rings (SSSR count). The normalized spacial score (nSPS) is 10.4. The second kappa shape index (κ2) is 5.38. The third-order valence-corrected chi connectivity index (χ3v) is 3.32. The Morgan fingerprint density at radius 3 is 2.70 bits per heavy atom. The van der Waals surface area contributed by atoms with Gasteiger partial charge in [0.2, 0.25) is 0 Å². The van der Waals surface area contributed by atoms with Crippen LogP contribution < -0.4 is 5.32 Å². The molecule has 1 N–H and O–H groups in total. The summed E-state index contributed by atoms with van der Waals surface area (Å²) < 4.78 is 0.863. The summed E-state index contributed by atoms with van der Waals surface area (Å²) in [7, 11) is 0. The van der Waals surface area contributed by atoms with E-state index in [2.05, 4.69) is 31.2 Å². The topological polar surface area (TPSA) is 54.9 Å². The zero-order chi connectivity index (χ0) is 13.9. The van der Waals surface area contributed by atoms with Crippen molar-refractivity contribution >= 4 is 38.6 Å². The van der Waals surface area contributed by atoms with E-state index in [0.717, 1.165) is 9.86 Å². The van der Waals surface area contributed by atoms with E-state index in [1.807, 2.05) is 30.3 Å². The van der Waals surface area contributed by atoms with Crippen molar-refractivity contribution in [2.75, 3.05) is 5.32 Å². The van der Waals surface area contributed by atoms with Gasteiger partial charge in [-0.15, -0.1) is 0 Å². The summed E-state index contributed by atoms with van der Waals surface area (Å²) in [6.07, 6.45) is 3.31. The van der Waals surface area contributed by atoms with Gasteiger partial charge in [0, 0.05) is 22.3 Å². The van der Waals surface area contributed by atoms with E-state index < -0.39 is 0 Å². The van der Waals surface area contributed by atoms with Crippen LogP contribution in [-0.2, 0) is 0 Å². The molecule has 0 saturated carbocycles. The molecule has 0 radical (unpaired) electrons. The number of para-hydroxylation sites is 1. The van der Waals surface area contributed by atoms with Crippen LogP contribution in [0.1, 0.15) is 10.4 Å². The molecule has 0 spiro atoms. The lowest BCUT2D eigenvalue weighted by Gasteiger charge is -2.06. The van der Waals surface area contributed by atoms with Crippen molar-refractivity contribution in [3.8, 4) is 0 Å². The zero-order valence-corrected chi connectivity index (χ0v) is 12.0. The number of benzene rings is 1. The molecule has 2 heterocycles. The van der Waals surface area contributed by atoms with Crippen molar-refractivity contribution in [1.29, 1.82) is 0 Å². The molecule has 0 bridgehead atoms. The van der Waals surface area contributed by atoms with E-state index in [0.29, 0.717) is 16.9 Å². The number of hydrogen-bond donors (Lipinski definition) is 1. The monoisotopic (exact) mass is 327 g/mol. The molecule has 1 amide bonds. The fourth-order valence-electron chi connectivity index (χ4n) is 1.92. The van der Waals surface area contributed by atoms with Gasteiger partial charge < -0.3 is 5.32 Å². The predicted octanol–water partition coefficient (Wildman–Crippen LogP) is 3.64. The molecule has 3 aromatic rings. The molecular weight excluding hydrogens is 318 g/mol. The number of carbonyl (C=O) groups is 1. The number of nitrogens with one attached hydrogen (secondary N) is 1. The maximum absolute atomic E-state index is 12.3. The number of anilines is 1. The second-order valence-electron chi connectivity index (χ2n) is 4.20. The largest absolute Gasteiger partial charge is 0.306 e. The molecule has 0 aliphatic rings. The number of hydrogen-bond acceptors (Lipinski definition) is 3. The van der Waals surface area contributed by atoms with Gasteiger partial charge in [-0.25, -0.2) is 4.98 Å². The van der Waals surface area contributed by atoms with Gasteiger partial charge in [-0.1, -0.05) is 18.2 Å². The van der Waals surface area contributed by atoms with E-state index in [1.165, 1.54) is 0 Å². The standard InChI is InChI=1S/C15H10BrN3O/c16-11-6-7-13(18-9-11)19-15(20)12-5-1-3-10-4-2-8-17-14(10)12/h1-9H,(H,18,19,20). The molecule has 1 aromatic carbocycles. The highest BCUT2D eigenvalue weighted by Gasteiger charge is 2.11. The number of halogens is 1. The molecule has 20 heavy (non-hydrogen) atoms. The summed E-state index contributed by atoms with van der Waals surface area (Å²) in [5.41, 5.74) is 1.22. The summed E-state index contributed by atoms with van der Waals surface area (Å²) in [6, 6.07) is 12.9. The first-order valence-electron chi connectivity index (χ1n) is 6.01. The van der Waals surface area contributed by atoms with E-state index >= 15 is 0 Å². The molecule has 0 atom stereocenters. The number of fused-ring (bicyclic) bond motifs is 1. The smallest absolute Gasteiger partial charge is 0.259 e. The number of aromatic nitrogens is 2. The average Bonchev–Trinajstić information content (AvgIpc) is 2.49. The fourth-order valence-corrected chi connectivity index (χ4v) is 2.16. The van der Waals surface area contributed by atoms with Crippen molar-refractivity contribution in [2.24, 2.45) is 0 Å². The van der Waals surface area contributed by atoms with Crippen LogP contribution in [0.5, 0.6) is 0 Å². The molecule has 98 valence electrons. The van der Waals surface area contributed by atoms with Crippen LogP contribution in [0.25, 0.3) is 10.9 Å². The SMILES string of the molecule is O=C(Nc1ccc(Br)cn1)c1cccc2cccnc12. The van der Waals surface area contributed by atoms with Crippen LogP contribution in [0.2, 0.25) is 0 Å². The Morgan fingerprint density at radius 1 is 1.05 bits per heavy atom. The minimum absolute atomic E-state index is 0.218. The third-order valence-electron chi connectivity index (χ3n) is 2.85. The van der Waals surface area contributed by atoms with Gasteiger partial charge in [-0.3, -0.25) is 9.78 Å². The van der Waals surface area contributed by atoms with E-state index in [1.54, 1.807) is 24.5 Å².